The first-order chi connectivity index (χ1) is 10.1. The first-order valence-corrected chi connectivity index (χ1v) is 7.97. The summed E-state index contributed by atoms with van der Waals surface area (Å²) in [6.45, 7) is 2.02. The molecule has 3 rings (SSSR count). The number of nitrogens with one attached hydrogen (secondary N) is 1. The Labute approximate surface area is 125 Å². The molecule has 0 bridgehead atoms. The predicted molar refractivity (Wildman–Crippen MR) is 79.6 cm³/mol. The molecular formula is C17H23NO3. The van der Waals surface area contributed by atoms with E-state index in [2.05, 4.69) is 12.2 Å². The van der Waals surface area contributed by atoms with E-state index in [9.17, 15) is 9.59 Å². The van der Waals surface area contributed by atoms with Crippen molar-refractivity contribution in [1.29, 1.82) is 0 Å². The fraction of sp³-hybridized carbons (Fsp3) is 0.647. The first-order valence-electron chi connectivity index (χ1n) is 7.97. The fourth-order valence-electron chi connectivity index (χ4n) is 3.60. The summed E-state index contributed by atoms with van der Waals surface area (Å²) in [5.41, 5.74) is -0.884. The maximum absolute atomic E-state index is 12.0. The summed E-state index contributed by atoms with van der Waals surface area (Å²) < 4.78 is 5.64. The van der Waals surface area contributed by atoms with Crippen LogP contribution in [0.25, 0.3) is 0 Å². The van der Waals surface area contributed by atoms with Crippen molar-refractivity contribution in [3.05, 3.63) is 24.3 Å². The minimum atomic E-state index is -0.884. The molecule has 0 heterocycles. The topological polar surface area (TPSA) is 55.4 Å². The highest BCUT2D eigenvalue weighted by molar-refractivity contribution is 6.03. The number of hydrogen-bond donors (Lipinski definition) is 1. The van der Waals surface area contributed by atoms with Gasteiger partial charge in [-0.15, -0.1) is 0 Å². The van der Waals surface area contributed by atoms with Crippen LogP contribution in [0.3, 0.4) is 0 Å². The normalized spacial score (nSPS) is 32.6. The standard InChI is InChI=1S/C17H23NO3/c1-12(13-5-3-2-4-6-13)18-16(20)11-21-17-10-9-14(17)7-8-15(17)19/h7-10,12-14H,2-6,11H2,1H3,(H,18,20)/t12-,14?,17?/m0/s1. The van der Waals surface area contributed by atoms with Gasteiger partial charge in [0.25, 0.3) is 0 Å². The van der Waals surface area contributed by atoms with Gasteiger partial charge in [0.15, 0.2) is 11.4 Å². The van der Waals surface area contributed by atoms with Crippen molar-refractivity contribution in [3.8, 4) is 0 Å². The van der Waals surface area contributed by atoms with Gasteiger partial charge in [0, 0.05) is 12.0 Å². The third-order valence-corrected chi connectivity index (χ3v) is 5.07. The third kappa shape index (κ3) is 2.69. The molecule has 4 nitrogen and oxygen atoms in total. The van der Waals surface area contributed by atoms with Crippen LogP contribution in [-0.2, 0) is 14.3 Å². The predicted octanol–water partition coefficient (Wildman–Crippen LogP) is 2.15. The van der Waals surface area contributed by atoms with Crippen molar-refractivity contribution in [3.63, 3.8) is 0 Å². The Morgan fingerprint density at radius 1 is 1.38 bits per heavy atom. The summed E-state index contributed by atoms with van der Waals surface area (Å²) in [6.07, 6.45) is 13.3. The van der Waals surface area contributed by atoms with Crippen molar-refractivity contribution >= 4 is 11.7 Å². The molecule has 21 heavy (non-hydrogen) atoms. The molecule has 0 aliphatic heterocycles. The van der Waals surface area contributed by atoms with Crippen LogP contribution in [0.1, 0.15) is 39.0 Å². The van der Waals surface area contributed by atoms with Crippen molar-refractivity contribution in [2.45, 2.75) is 50.7 Å². The monoisotopic (exact) mass is 289 g/mol. The first kappa shape index (κ1) is 14.5. The van der Waals surface area contributed by atoms with Gasteiger partial charge in [-0.3, -0.25) is 9.59 Å². The molecule has 1 N–H and O–H groups in total. The molecule has 0 spiro atoms. The number of rotatable bonds is 5. The number of ketones is 1. The second kappa shape index (κ2) is 5.76. The third-order valence-electron chi connectivity index (χ3n) is 5.07. The van der Waals surface area contributed by atoms with E-state index in [0.29, 0.717) is 5.92 Å². The zero-order chi connectivity index (χ0) is 14.9. The number of carbonyl (C=O) groups is 2. The summed E-state index contributed by atoms with van der Waals surface area (Å²) >= 11 is 0. The molecule has 2 unspecified atom stereocenters. The largest absolute Gasteiger partial charge is 0.352 e. The van der Waals surface area contributed by atoms with E-state index < -0.39 is 5.60 Å². The summed E-state index contributed by atoms with van der Waals surface area (Å²) in [4.78, 5) is 23.9. The van der Waals surface area contributed by atoms with Gasteiger partial charge in [0.1, 0.15) is 6.61 Å². The minimum Gasteiger partial charge on any atom is -0.352 e. The van der Waals surface area contributed by atoms with E-state index in [4.69, 9.17) is 4.74 Å². The van der Waals surface area contributed by atoms with Gasteiger partial charge in [0.2, 0.25) is 5.91 Å². The van der Waals surface area contributed by atoms with E-state index in [-0.39, 0.29) is 30.3 Å². The van der Waals surface area contributed by atoms with Crippen LogP contribution in [-0.4, -0.2) is 29.9 Å². The van der Waals surface area contributed by atoms with E-state index in [0.717, 1.165) is 0 Å². The van der Waals surface area contributed by atoms with Crippen molar-refractivity contribution < 1.29 is 14.3 Å². The Balaban J connectivity index is 1.46. The second-order valence-electron chi connectivity index (χ2n) is 6.44. The minimum absolute atomic E-state index is 0.00793. The Hall–Kier alpha value is -1.42. The summed E-state index contributed by atoms with van der Waals surface area (Å²) in [5.74, 6) is 0.407. The molecule has 3 aliphatic rings. The Bertz CT molecular complexity index is 490. The molecule has 114 valence electrons. The maximum atomic E-state index is 12.0. The highest BCUT2D eigenvalue weighted by Crippen LogP contribution is 2.40. The lowest BCUT2D eigenvalue weighted by Crippen LogP contribution is -2.49. The lowest BCUT2D eigenvalue weighted by atomic mass is 9.79. The smallest absolute Gasteiger partial charge is 0.246 e. The zero-order valence-corrected chi connectivity index (χ0v) is 12.5. The zero-order valence-electron chi connectivity index (χ0n) is 12.5. The number of carbonyl (C=O) groups excluding carboxylic acids is 2. The van der Waals surface area contributed by atoms with Gasteiger partial charge in [-0.2, -0.15) is 0 Å². The van der Waals surface area contributed by atoms with Gasteiger partial charge in [-0.05, 0) is 37.8 Å². The lowest BCUT2D eigenvalue weighted by Gasteiger charge is -2.36. The maximum Gasteiger partial charge on any atom is 0.246 e. The summed E-state index contributed by atoms with van der Waals surface area (Å²) in [7, 11) is 0. The second-order valence-corrected chi connectivity index (χ2v) is 6.44. The van der Waals surface area contributed by atoms with Crippen LogP contribution < -0.4 is 5.32 Å². The molecule has 3 aliphatic carbocycles. The van der Waals surface area contributed by atoms with Crippen LogP contribution >= 0.6 is 0 Å². The van der Waals surface area contributed by atoms with E-state index in [1.165, 1.54) is 32.1 Å². The number of hydrogen-bond acceptors (Lipinski definition) is 3. The van der Waals surface area contributed by atoms with E-state index in [1.54, 1.807) is 12.2 Å². The van der Waals surface area contributed by atoms with E-state index >= 15 is 0 Å². The average molecular weight is 289 g/mol. The molecule has 3 atom stereocenters. The van der Waals surface area contributed by atoms with Crippen LogP contribution in [0.15, 0.2) is 24.3 Å². The fourth-order valence-corrected chi connectivity index (χ4v) is 3.60. The molecule has 1 amide bonds. The van der Waals surface area contributed by atoms with Gasteiger partial charge in [-0.1, -0.05) is 31.4 Å². The van der Waals surface area contributed by atoms with Crippen LogP contribution in [0.5, 0.6) is 0 Å². The summed E-state index contributed by atoms with van der Waals surface area (Å²) in [6, 6.07) is 0.184. The Kier molecular flexibility index (Phi) is 3.98. The lowest BCUT2D eigenvalue weighted by molar-refractivity contribution is -0.144. The van der Waals surface area contributed by atoms with Crippen LogP contribution in [0, 0.1) is 11.8 Å². The highest BCUT2D eigenvalue weighted by atomic mass is 16.5. The molecule has 1 fully saturated rings. The van der Waals surface area contributed by atoms with Crippen LogP contribution in [0.4, 0.5) is 0 Å². The molecular weight excluding hydrogens is 266 g/mol. The van der Waals surface area contributed by atoms with Gasteiger partial charge in [0.05, 0.1) is 0 Å². The molecule has 0 aromatic rings. The molecule has 0 aromatic heterocycles. The Morgan fingerprint density at radius 3 is 2.76 bits per heavy atom. The molecule has 0 radical (unpaired) electrons. The quantitative estimate of drug-likeness (QED) is 0.789. The van der Waals surface area contributed by atoms with Gasteiger partial charge >= 0.3 is 0 Å². The van der Waals surface area contributed by atoms with Crippen LogP contribution in [0.2, 0.25) is 0 Å². The van der Waals surface area contributed by atoms with Crippen molar-refractivity contribution in [2.24, 2.45) is 11.8 Å². The van der Waals surface area contributed by atoms with Gasteiger partial charge in [-0.25, -0.2) is 0 Å². The number of fused-ring (bicyclic) bond motifs is 1. The van der Waals surface area contributed by atoms with Crippen molar-refractivity contribution in [1.82, 2.24) is 5.32 Å². The number of amides is 1. The Morgan fingerprint density at radius 2 is 2.14 bits per heavy atom. The highest BCUT2D eigenvalue weighted by Gasteiger charge is 2.50. The molecule has 0 aromatic carbocycles. The summed E-state index contributed by atoms with van der Waals surface area (Å²) in [5, 5.41) is 3.02. The molecule has 1 saturated carbocycles. The number of ether oxygens (including phenoxy) is 1. The van der Waals surface area contributed by atoms with E-state index in [1.807, 2.05) is 12.2 Å². The SMILES string of the molecule is C[C@H](NC(=O)COC12C=CC1C=CC2=O)C1CCCCC1. The molecule has 0 saturated heterocycles. The van der Waals surface area contributed by atoms with Gasteiger partial charge < -0.3 is 10.1 Å². The average Bonchev–Trinajstić information content (AvgIpc) is 2.68. The van der Waals surface area contributed by atoms with Crippen molar-refractivity contribution in [2.75, 3.05) is 6.61 Å². The molecule has 4 heteroatoms.